The smallest absolute Gasteiger partial charge is 0.307 e. The number of hydrogen-bond donors (Lipinski definition) is 1. The predicted octanol–water partition coefficient (Wildman–Crippen LogP) is 2.02. The van der Waals surface area contributed by atoms with Crippen molar-refractivity contribution in [3.63, 3.8) is 0 Å². The molecular weight excluding hydrogens is 254 g/mol. The average molecular weight is 268 g/mol. The van der Waals surface area contributed by atoms with E-state index in [2.05, 4.69) is 0 Å². The molecule has 1 aliphatic carbocycles. The Morgan fingerprint density at radius 2 is 2.06 bits per heavy atom. The van der Waals surface area contributed by atoms with Crippen LogP contribution in [0.5, 0.6) is 0 Å². The highest BCUT2D eigenvalue weighted by Gasteiger charge is 2.49. The molecular formula is C13H14ClNO3. The molecule has 0 bridgehead atoms. The van der Waals surface area contributed by atoms with Gasteiger partial charge in [-0.3, -0.25) is 9.59 Å². The molecule has 5 heteroatoms. The van der Waals surface area contributed by atoms with Crippen molar-refractivity contribution in [3.05, 3.63) is 34.9 Å². The maximum Gasteiger partial charge on any atom is 0.307 e. The van der Waals surface area contributed by atoms with E-state index in [0.29, 0.717) is 18.0 Å². The fraction of sp³-hybridized carbons (Fsp3) is 0.385. The first-order valence-electron chi connectivity index (χ1n) is 5.72. The number of benzene rings is 1. The molecule has 0 heterocycles. The van der Waals surface area contributed by atoms with Gasteiger partial charge < -0.3 is 10.0 Å². The summed E-state index contributed by atoms with van der Waals surface area (Å²) in [6.07, 6.45) is 0.445. The zero-order valence-corrected chi connectivity index (χ0v) is 10.7. The highest BCUT2D eigenvalue weighted by Crippen LogP contribution is 2.40. The third kappa shape index (κ3) is 2.64. The van der Waals surface area contributed by atoms with Crippen molar-refractivity contribution in [3.8, 4) is 0 Å². The van der Waals surface area contributed by atoms with E-state index in [9.17, 15) is 9.59 Å². The highest BCUT2D eigenvalue weighted by atomic mass is 35.5. The summed E-state index contributed by atoms with van der Waals surface area (Å²) in [5.74, 6) is -1.89. The second-order valence-electron chi connectivity index (χ2n) is 4.57. The molecule has 1 saturated carbocycles. The number of nitrogens with zero attached hydrogens (tertiary/aromatic N) is 1. The number of carboxylic acid groups (broad SMARTS) is 1. The Labute approximate surface area is 110 Å². The van der Waals surface area contributed by atoms with Gasteiger partial charge in [-0.05, 0) is 18.1 Å². The van der Waals surface area contributed by atoms with Gasteiger partial charge in [-0.1, -0.05) is 29.8 Å². The van der Waals surface area contributed by atoms with Gasteiger partial charge >= 0.3 is 5.97 Å². The number of halogens is 1. The molecule has 1 amide bonds. The predicted molar refractivity (Wildman–Crippen MR) is 67.2 cm³/mol. The topological polar surface area (TPSA) is 57.6 Å². The van der Waals surface area contributed by atoms with Crippen LogP contribution in [0.4, 0.5) is 0 Å². The molecule has 0 spiro atoms. The second-order valence-corrected chi connectivity index (χ2v) is 4.98. The molecule has 0 saturated heterocycles. The van der Waals surface area contributed by atoms with Gasteiger partial charge in [0.1, 0.15) is 0 Å². The van der Waals surface area contributed by atoms with Crippen LogP contribution in [0.2, 0.25) is 5.02 Å². The van der Waals surface area contributed by atoms with E-state index in [1.165, 1.54) is 4.90 Å². The van der Waals surface area contributed by atoms with Gasteiger partial charge in [-0.2, -0.15) is 0 Å². The molecule has 96 valence electrons. The molecule has 4 nitrogen and oxygen atoms in total. The van der Waals surface area contributed by atoms with Gasteiger partial charge in [0.15, 0.2) is 0 Å². The lowest BCUT2D eigenvalue weighted by molar-refractivity contribution is -0.141. The lowest BCUT2D eigenvalue weighted by atomic mass is 10.2. The van der Waals surface area contributed by atoms with Crippen molar-refractivity contribution in [2.45, 2.75) is 13.0 Å². The molecule has 0 unspecified atom stereocenters. The van der Waals surface area contributed by atoms with Crippen LogP contribution in [0.3, 0.4) is 0 Å². The second kappa shape index (κ2) is 4.98. The third-order valence-corrected chi connectivity index (χ3v) is 3.54. The molecule has 1 aromatic rings. The Morgan fingerprint density at radius 3 is 2.61 bits per heavy atom. The number of carboxylic acids is 1. The molecule has 1 aromatic carbocycles. The van der Waals surface area contributed by atoms with Crippen LogP contribution in [0.15, 0.2) is 24.3 Å². The monoisotopic (exact) mass is 267 g/mol. The minimum Gasteiger partial charge on any atom is -0.481 e. The first-order valence-corrected chi connectivity index (χ1v) is 6.09. The summed E-state index contributed by atoms with van der Waals surface area (Å²) >= 11 is 6.02. The van der Waals surface area contributed by atoms with Gasteiger partial charge in [0.25, 0.3) is 0 Å². The van der Waals surface area contributed by atoms with E-state index in [1.807, 2.05) is 18.2 Å². The Bertz CT molecular complexity index is 489. The largest absolute Gasteiger partial charge is 0.481 e. The quantitative estimate of drug-likeness (QED) is 0.908. The van der Waals surface area contributed by atoms with Crippen LogP contribution in [0.1, 0.15) is 12.0 Å². The van der Waals surface area contributed by atoms with Gasteiger partial charge in [-0.25, -0.2) is 0 Å². The van der Waals surface area contributed by atoms with Crippen molar-refractivity contribution in [1.82, 2.24) is 4.90 Å². The maximum atomic E-state index is 12.0. The van der Waals surface area contributed by atoms with E-state index < -0.39 is 11.9 Å². The molecule has 2 rings (SSSR count). The molecule has 18 heavy (non-hydrogen) atoms. The fourth-order valence-electron chi connectivity index (χ4n) is 1.98. The van der Waals surface area contributed by atoms with Crippen molar-refractivity contribution in [2.75, 3.05) is 7.05 Å². The molecule has 1 N–H and O–H groups in total. The van der Waals surface area contributed by atoms with Crippen LogP contribution in [0, 0.1) is 11.8 Å². The van der Waals surface area contributed by atoms with E-state index in [-0.39, 0.29) is 11.8 Å². The van der Waals surface area contributed by atoms with E-state index in [0.717, 1.165) is 5.56 Å². The van der Waals surface area contributed by atoms with E-state index >= 15 is 0 Å². The van der Waals surface area contributed by atoms with Crippen LogP contribution >= 0.6 is 11.6 Å². The number of carbonyl (C=O) groups excluding carboxylic acids is 1. The van der Waals surface area contributed by atoms with Gasteiger partial charge in [-0.15, -0.1) is 0 Å². The van der Waals surface area contributed by atoms with Gasteiger partial charge in [0.05, 0.1) is 11.8 Å². The standard InChI is InChI=1S/C13H14ClNO3/c1-15(7-8-4-2-3-5-11(8)14)12(16)9-6-10(9)13(17)18/h2-5,9-10H,6-7H2,1H3,(H,17,18)/t9-,10-/m0/s1. The van der Waals surface area contributed by atoms with E-state index in [4.69, 9.17) is 16.7 Å². The van der Waals surface area contributed by atoms with Crippen molar-refractivity contribution < 1.29 is 14.7 Å². The van der Waals surface area contributed by atoms with Crippen LogP contribution < -0.4 is 0 Å². The van der Waals surface area contributed by atoms with Crippen LogP contribution in [-0.4, -0.2) is 28.9 Å². The Balaban J connectivity index is 1.97. The SMILES string of the molecule is CN(Cc1ccccc1Cl)C(=O)[C@H]1C[C@@H]1C(=O)O. The number of amides is 1. The van der Waals surface area contributed by atoms with Crippen LogP contribution in [-0.2, 0) is 16.1 Å². The van der Waals surface area contributed by atoms with Gasteiger partial charge in [0, 0.05) is 18.6 Å². The first-order chi connectivity index (χ1) is 8.50. The average Bonchev–Trinajstić information content (AvgIpc) is 3.11. The number of carbonyl (C=O) groups is 2. The lowest BCUT2D eigenvalue weighted by Crippen LogP contribution is -2.28. The molecule has 0 aromatic heterocycles. The Morgan fingerprint density at radius 1 is 1.39 bits per heavy atom. The minimum absolute atomic E-state index is 0.123. The fourth-order valence-corrected chi connectivity index (χ4v) is 2.18. The lowest BCUT2D eigenvalue weighted by Gasteiger charge is -2.17. The Kier molecular flexibility index (Phi) is 3.57. The summed E-state index contributed by atoms with van der Waals surface area (Å²) in [7, 11) is 1.67. The van der Waals surface area contributed by atoms with E-state index in [1.54, 1.807) is 13.1 Å². The molecule has 1 fully saturated rings. The highest BCUT2D eigenvalue weighted by molar-refractivity contribution is 6.31. The summed E-state index contributed by atoms with van der Waals surface area (Å²) < 4.78 is 0. The summed E-state index contributed by atoms with van der Waals surface area (Å²) in [6, 6.07) is 7.31. The molecule has 1 aliphatic rings. The summed E-state index contributed by atoms with van der Waals surface area (Å²) in [5, 5.41) is 9.41. The third-order valence-electron chi connectivity index (χ3n) is 3.17. The molecule has 2 atom stereocenters. The zero-order valence-electron chi connectivity index (χ0n) is 9.97. The number of rotatable bonds is 4. The molecule has 0 radical (unpaired) electrons. The molecule has 0 aliphatic heterocycles. The minimum atomic E-state index is -0.889. The normalized spacial score (nSPS) is 21.4. The summed E-state index contributed by atoms with van der Waals surface area (Å²) in [6.45, 7) is 0.404. The van der Waals surface area contributed by atoms with Crippen molar-refractivity contribution in [2.24, 2.45) is 11.8 Å². The Hall–Kier alpha value is -1.55. The van der Waals surface area contributed by atoms with Crippen molar-refractivity contribution >= 4 is 23.5 Å². The zero-order chi connectivity index (χ0) is 13.3. The number of hydrogen-bond acceptors (Lipinski definition) is 2. The summed E-state index contributed by atoms with van der Waals surface area (Å²) in [4.78, 5) is 24.2. The van der Waals surface area contributed by atoms with Crippen molar-refractivity contribution in [1.29, 1.82) is 0 Å². The van der Waals surface area contributed by atoms with Gasteiger partial charge in [0.2, 0.25) is 5.91 Å². The first kappa shape index (κ1) is 12.9. The maximum absolute atomic E-state index is 12.0. The number of aliphatic carboxylic acids is 1. The summed E-state index contributed by atoms with van der Waals surface area (Å²) in [5.41, 5.74) is 0.863. The van der Waals surface area contributed by atoms with Crippen LogP contribution in [0.25, 0.3) is 0 Å².